The fourth-order valence-corrected chi connectivity index (χ4v) is 2.75. The highest BCUT2D eigenvalue weighted by Crippen LogP contribution is 2.34. The minimum absolute atomic E-state index is 0.195. The third kappa shape index (κ3) is 5.77. The molecule has 0 aliphatic heterocycles. The first kappa shape index (κ1) is 21.3. The van der Waals surface area contributed by atoms with Crippen LogP contribution in [0.4, 0.5) is 4.39 Å². The molecule has 0 fully saturated rings. The van der Waals surface area contributed by atoms with Gasteiger partial charge in [-0.3, -0.25) is 0 Å². The van der Waals surface area contributed by atoms with Crippen LogP contribution in [-0.4, -0.2) is 40.4 Å². The number of ether oxygens (including phenoxy) is 3. The topological polar surface area (TPSA) is 64.1 Å². The number of hydrogen-bond donors (Lipinski definition) is 2. The lowest BCUT2D eigenvalue weighted by Crippen LogP contribution is -2.38. The van der Waals surface area contributed by atoms with Crippen molar-refractivity contribution in [1.82, 2.24) is 10.6 Å². The molecule has 0 saturated heterocycles. The number of nitrogens with zero attached hydrogens (tertiary/aromatic N) is 1. The molecular weight excluding hydrogens is 361 g/mol. The van der Waals surface area contributed by atoms with Crippen molar-refractivity contribution in [3.05, 3.63) is 53.3 Å². The maximum atomic E-state index is 13.7. The standard InChI is InChI=1S/C21H28FN3O3/c1-5-23-21(24-11-10-15-8-6-7-9-18(15)22)25-14-17-19(27-3)12-16(26-2)13-20(17)28-4/h6-9,12-13H,5,10-11,14H2,1-4H3,(H2,23,24,25). The van der Waals surface area contributed by atoms with E-state index in [0.717, 1.165) is 5.56 Å². The highest BCUT2D eigenvalue weighted by Gasteiger charge is 2.13. The maximum absolute atomic E-state index is 13.7. The van der Waals surface area contributed by atoms with E-state index in [1.54, 1.807) is 45.6 Å². The Bertz CT molecular complexity index is 771. The van der Waals surface area contributed by atoms with E-state index in [0.29, 0.717) is 54.8 Å². The van der Waals surface area contributed by atoms with Crippen LogP contribution in [0.5, 0.6) is 17.2 Å². The second-order valence-corrected chi connectivity index (χ2v) is 5.97. The van der Waals surface area contributed by atoms with Gasteiger partial charge in [-0.1, -0.05) is 18.2 Å². The number of methoxy groups -OCH3 is 3. The summed E-state index contributed by atoms with van der Waals surface area (Å²) in [5.74, 6) is 2.37. The molecule has 0 unspecified atom stereocenters. The maximum Gasteiger partial charge on any atom is 0.191 e. The average molecular weight is 389 g/mol. The molecule has 0 atom stereocenters. The Labute approximate surface area is 165 Å². The lowest BCUT2D eigenvalue weighted by molar-refractivity contribution is 0.369. The monoisotopic (exact) mass is 389 g/mol. The second kappa shape index (κ2) is 11.0. The fourth-order valence-electron chi connectivity index (χ4n) is 2.75. The molecule has 0 spiro atoms. The van der Waals surface area contributed by atoms with Crippen LogP contribution >= 0.6 is 0 Å². The molecule has 0 radical (unpaired) electrons. The zero-order valence-corrected chi connectivity index (χ0v) is 16.8. The van der Waals surface area contributed by atoms with Crippen LogP contribution in [0.25, 0.3) is 0 Å². The van der Waals surface area contributed by atoms with E-state index in [2.05, 4.69) is 15.6 Å². The molecule has 0 saturated carbocycles. The summed E-state index contributed by atoms with van der Waals surface area (Å²) in [6.45, 7) is 3.61. The van der Waals surface area contributed by atoms with Crippen molar-refractivity contribution in [2.75, 3.05) is 34.4 Å². The van der Waals surface area contributed by atoms with Gasteiger partial charge in [0.05, 0.1) is 33.4 Å². The minimum Gasteiger partial charge on any atom is -0.496 e. The Morgan fingerprint density at radius 3 is 2.25 bits per heavy atom. The van der Waals surface area contributed by atoms with Gasteiger partial charge >= 0.3 is 0 Å². The first-order valence-electron chi connectivity index (χ1n) is 9.17. The van der Waals surface area contributed by atoms with E-state index in [1.807, 2.05) is 13.0 Å². The van der Waals surface area contributed by atoms with Gasteiger partial charge in [0.2, 0.25) is 0 Å². The zero-order chi connectivity index (χ0) is 20.4. The van der Waals surface area contributed by atoms with Crippen molar-refractivity contribution >= 4 is 5.96 Å². The summed E-state index contributed by atoms with van der Waals surface area (Å²) in [7, 11) is 4.79. The SMILES string of the molecule is CCNC(=NCc1c(OC)cc(OC)cc1OC)NCCc1ccccc1F. The number of guanidine groups is 1. The highest BCUT2D eigenvalue weighted by atomic mass is 19.1. The van der Waals surface area contributed by atoms with Gasteiger partial charge in [0.25, 0.3) is 0 Å². The smallest absolute Gasteiger partial charge is 0.191 e. The predicted octanol–water partition coefficient (Wildman–Crippen LogP) is 3.15. The molecule has 152 valence electrons. The zero-order valence-electron chi connectivity index (χ0n) is 16.8. The molecule has 7 heteroatoms. The van der Waals surface area contributed by atoms with E-state index in [-0.39, 0.29) is 5.82 Å². The van der Waals surface area contributed by atoms with E-state index in [4.69, 9.17) is 14.2 Å². The Morgan fingerprint density at radius 1 is 1.00 bits per heavy atom. The van der Waals surface area contributed by atoms with Crippen molar-refractivity contribution in [3.63, 3.8) is 0 Å². The van der Waals surface area contributed by atoms with Crippen LogP contribution in [0.15, 0.2) is 41.4 Å². The molecule has 2 aromatic rings. The Morgan fingerprint density at radius 2 is 1.68 bits per heavy atom. The van der Waals surface area contributed by atoms with Crippen LogP contribution in [0.2, 0.25) is 0 Å². The molecule has 0 aliphatic rings. The number of aliphatic imine (C=N–C) groups is 1. The van der Waals surface area contributed by atoms with Gasteiger partial charge in [0.1, 0.15) is 23.1 Å². The van der Waals surface area contributed by atoms with Gasteiger partial charge in [0.15, 0.2) is 5.96 Å². The quantitative estimate of drug-likeness (QED) is 0.510. The summed E-state index contributed by atoms with van der Waals surface area (Å²) in [6, 6.07) is 10.4. The van der Waals surface area contributed by atoms with Crippen LogP contribution in [0, 0.1) is 5.82 Å². The molecule has 0 bridgehead atoms. The molecular formula is C21H28FN3O3. The van der Waals surface area contributed by atoms with E-state index in [9.17, 15) is 4.39 Å². The first-order valence-corrected chi connectivity index (χ1v) is 9.17. The summed E-state index contributed by atoms with van der Waals surface area (Å²) in [6.07, 6.45) is 0.562. The molecule has 6 nitrogen and oxygen atoms in total. The van der Waals surface area contributed by atoms with Gasteiger partial charge in [0, 0.05) is 25.2 Å². The van der Waals surface area contributed by atoms with E-state index < -0.39 is 0 Å². The van der Waals surface area contributed by atoms with Crippen molar-refractivity contribution in [1.29, 1.82) is 0 Å². The van der Waals surface area contributed by atoms with Gasteiger partial charge in [-0.05, 0) is 25.0 Å². The number of rotatable bonds is 9. The molecule has 28 heavy (non-hydrogen) atoms. The minimum atomic E-state index is -0.195. The van der Waals surface area contributed by atoms with Crippen LogP contribution in [-0.2, 0) is 13.0 Å². The summed E-state index contributed by atoms with van der Waals surface area (Å²) < 4.78 is 29.9. The first-order chi connectivity index (χ1) is 13.6. The van der Waals surface area contributed by atoms with Crippen LogP contribution in [0.1, 0.15) is 18.1 Å². The van der Waals surface area contributed by atoms with Crippen molar-refractivity contribution in [2.45, 2.75) is 19.9 Å². The van der Waals surface area contributed by atoms with Crippen LogP contribution < -0.4 is 24.8 Å². The summed E-state index contributed by atoms with van der Waals surface area (Å²) in [5.41, 5.74) is 1.49. The Kier molecular flexibility index (Phi) is 8.39. The number of benzene rings is 2. The molecule has 0 heterocycles. The number of hydrogen-bond acceptors (Lipinski definition) is 4. The fraction of sp³-hybridized carbons (Fsp3) is 0.381. The van der Waals surface area contributed by atoms with Gasteiger partial charge in [-0.25, -0.2) is 9.38 Å². The largest absolute Gasteiger partial charge is 0.496 e. The average Bonchev–Trinajstić information content (AvgIpc) is 2.72. The van der Waals surface area contributed by atoms with Crippen LogP contribution in [0.3, 0.4) is 0 Å². The second-order valence-electron chi connectivity index (χ2n) is 5.97. The lowest BCUT2D eigenvalue weighted by Gasteiger charge is -2.15. The summed E-state index contributed by atoms with van der Waals surface area (Å²) >= 11 is 0. The van der Waals surface area contributed by atoms with Crippen molar-refractivity contribution < 1.29 is 18.6 Å². The van der Waals surface area contributed by atoms with Crippen molar-refractivity contribution in [2.24, 2.45) is 4.99 Å². The molecule has 2 rings (SSSR count). The Balaban J connectivity index is 2.10. The molecule has 0 aromatic heterocycles. The van der Waals surface area contributed by atoms with Gasteiger partial charge in [-0.15, -0.1) is 0 Å². The third-order valence-electron chi connectivity index (χ3n) is 4.20. The summed E-state index contributed by atoms with van der Waals surface area (Å²) in [5, 5.41) is 6.42. The van der Waals surface area contributed by atoms with E-state index in [1.165, 1.54) is 6.07 Å². The molecule has 2 aromatic carbocycles. The highest BCUT2D eigenvalue weighted by molar-refractivity contribution is 5.79. The molecule has 0 amide bonds. The number of halogens is 1. The third-order valence-corrected chi connectivity index (χ3v) is 4.20. The number of nitrogens with one attached hydrogen (secondary N) is 2. The predicted molar refractivity (Wildman–Crippen MR) is 109 cm³/mol. The van der Waals surface area contributed by atoms with E-state index >= 15 is 0 Å². The molecule has 0 aliphatic carbocycles. The normalized spacial score (nSPS) is 11.1. The van der Waals surface area contributed by atoms with Gasteiger partial charge < -0.3 is 24.8 Å². The Hall–Kier alpha value is -2.96. The van der Waals surface area contributed by atoms with Gasteiger partial charge in [-0.2, -0.15) is 0 Å². The summed E-state index contributed by atoms with van der Waals surface area (Å²) in [4.78, 5) is 4.61. The van der Waals surface area contributed by atoms with Crippen molar-refractivity contribution in [3.8, 4) is 17.2 Å². The lowest BCUT2D eigenvalue weighted by atomic mass is 10.1. The molecule has 2 N–H and O–H groups in total.